The third-order valence-corrected chi connectivity index (χ3v) is 3.21. The average Bonchev–Trinajstić information content (AvgIpc) is 2.38. The van der Waals surface area contributed by atoms with Crippen LogP contribution in [0.25, 0.3) is 0 Å². The van der Waals surface area contributed by atoms with Crippen LogP contribution in [-0.4, -0.2) is 12.4 Å². The Balaban J connectivity index is 1.78. The molecule has 1 aliphatic rings. The van der Waals surface area contributed by atoms with Crippen LogP contribution in [0.1, 0.15) is 71.1 Å². The first-order valence-electron chi connectivity index (χ1n) is 7.27. The van der Waals surface area contributed by atoms with E-state index in [9.17, 15) is 0 Å². The van der Waals surface area contributed by atoms with Crippen molar-refractivity contribution in [2.75, 3.05) is 0 Å². The van der Waals surface area contributed by atoms with E-state index < -0.39 is 0 Å². The fourth-order valence-electron chi connectivity index (χ4n) is 2.12. The second kappa shape index (κ2) is 10.4. The molecule has 98 valence electrons. The van der Waals surface area contributed by atoms with E-state index in [4.69, 9.17) is 4.74 Å². The van der Waals surface area contributed by atoms with Gasteiger partial charge in [0.25, 0.3) is 0 Å². The summed E-state index contributed by atoms with van der Waals surface area (Å²) in [7, 11) is 0. The summed E-state index contributed by atoms with van der Waals surface area (Å²) >= 11 is 0. The van der Waals surface area contributed by atoms with Gasteiger partial charge in [-0.05, 0) is 12.5 Å². The Labute approximate surface area is 106 Å². The van der Waals surface area contributed by atoms with E-state index in [0.717, 1.165) is 6.42 Å². The Morgan fingerprint density at radius 3 is 2.18 bits per heavy atom. The second-order valence-corrected chi connectivity index (χ2v) is 4.83. The van der Waals surface area contributed by atoms with Crippen LogP contribution in [-0.2, 0) is 4.74 Å². The number of ether oxygens (including phenoxy) is 1. The SMILES string of the molecule is CCCCCCCCCCCC1N=CC=CO1. The summed E-state index contributed by atoms with van der Waals surface area (Å²) in [6, 6.07) is 0. The molecule has 1 unspecified atom stereocenters. The molecule has 17 heavy (non-hydrogen) atoms. The largest absolute Gasteiger partial charge is 0.476 e. The monoisotopic (exact) mass is 237 g/mol. The highest BCUT2D eigenvalue weighted by atomic mass is 16.5. The third-order valence-electron chi connectivity index (χ3n) is 3.21. The van der Waals surface area contributed by atoms with Crippen LogP contribution in [0, 0.1) is 0 Å². The minimum Gasteiger partial charge on any atom is -0.476 e. The lowest BCUT2D eigenvalue weighted by molar-refractivity contribution is 0.138. The molecule has 1 aliphatic heterocycles. The highest BCUT2D eigenvalue weighted by Crippen LogP contribution is 2.13. The fourth-order valence-corrected chi connectivity index (χ4v) is 2.12. The number of rotatable bonds is 10. The predicted molar refractivity (Wildman–Crippen MR) is 74.3 cm³/mol. The molecular formula is C15H27NO. The van der Waals surface area contributed by atoms with E-state index in [1.54, 1.807) is 6.26 Å². The van der Waals surface area contributed by atoms with E-state index in [1.165, 1.54) is 57.8 Å². The van der Waals surface area contributed by atoms with Crippen molar-refractivity contribution >= 4 is 6.21 Å². The molecule has 1 heterocycles. The fraction of sp³-hybridized carbons (Fsp3) is 0.800. The van der Waals surface area contributed by atoms with E-state index in [1.807, 2.05) is 12.3 Å². The lowest BCUT2D eigenvalue weighted by Crippen LogP contribution is -2.08. The van der Waals surface area contributed by atoms with Crippen molar-refractivity contribution in [3.8, 4) is 0 Å². The molecule has 0 aliphatic carbocycles. The molecule has 0 aromatic heterocycles. The Morgan fingerprint density at radius 1 is 0.941 bits per heavy atom. The number of allylic oxidation sites excluding steroid dienone is 1. The number of hydrogen-bond donors (Lipinski definition) is 0. The minimum atomic E-state index is 0.0876. The van der Waals surface area contributed by atoms with Crippen LogP contribution in [0.5, 0.6) is 0 Å². The van der Waals surface area contributed by atoms with Gasteiger partial charge in [0.05, 0.1) is 6.26 Å². The van der Waals surface area contributed by atoms with Crippen LogP contribution >= 0.6 is 0 Å². The van der Waals surface area contributed by atoms with Gasteiger partial charge in [0.2, 0.25) is 0 Å². The molecule has 1 rings (SSSR count). The molecule has 0 aromatic rings. The van der Waals surface area contributed by atoms with Crippen molar-refractivity contribution in [1.29, 1.82) is 0 Å². The summed E-state index contributed by atoms with van der Waals surface area (Å²) in [6.45, 7) is 2.27. The zero-order valence-corrected chi connectivity index (χ0v) is 11.2. The highest BCUT2D eigenvalue weighted by molar-refractivity contribution is 5.71. The molecular weight excluding hydrogens is 210 g/mol. The van der Waals surface area contributed by atoms with Crippen LogP contribution in [0.15, 0.2) is 17.3 Å². The van der Waals surface area contributed by atoms with Crippen LogP contribution in [0.3, 0.4) is 0 Å². The molecule has 0 saturated heterocycles. The first-order chi connectivity index (χ1) is 8.43. The first-order valence-corrected chi connectivity index (χ1v) is 7.27. The zero-order chi connectivity index (χ0) is 12.2. The summed E-state index contributed by atoms with van der Waals surface area (Å²) < 4.78 is 5.37. The van der Waals surface area contributed by atoms with Crippen LogP contribution < -0.4 is 0 Å². The molecule has 0 amide bonds. The van der Waals surface area contributed by atoms with Crippen molar-refractivity contribution < 1.29 is 4.74 Å². The average molecular weight is 237 g/mol. The summed E-state index contributed by atoms with van der Waals surface area (Å²) in [5.41, 5.74) is 0. The molecule has 0 bridgehead atoms. The van der Waals surface area contributed by atoms with Gasteiger partial charge >= 0.3 is 0 Å². The molecule has 0 fully saturated rings. The van der Waals surface area contributed by atoms with Crippen molar-refractivity contribution in [3.63, 3.8) is 0 Å². The summed E-state index contributed by atoms with van der Waals surface area (Å²) in [6.07, 6.45) is 18.9. The number of unbranched alkanes of at least 4 members (excludes halogenated alkanes) is 8. The topological polar surface area (TPSA) is 21.6 Å². The van der Waals surface area contributed by atoms with E-state index in [2.05, 4.69) is 11.9 Å². The van der Waals surface area contributed by atoms with Gasteiger partial charge in [-0.1, -0.05) is 58.3 Å². The first kappa shape index (κ1) is 14.3. The molecule has 0 spiro atoms. The quantitative estimate of drug-likeness (QED) is 0.498. The Kier molecular flexibility index (Phi) is 8.71. The smallest absolute Gasteiger partial charge is 0.188 e. The van der Waals surface area contributed by atoms with E-state index in [-0.39, 0.29) is 6.23 Å². The maximum absolute atomic E-state index is 5.37. The Morgan fingerprint density at radius 2 is 1.59 bits per heavy atom. The summed E-state index contributed by atoms with van der Waals surface area (Å²) in [5, 5.41) is 0. The minimum absolute atomic E-state index is 0.0876. The van der Waals surface area contributed by atoms with Gasteiger partial charge < -0.3 is 4.74 Å². The van der Waals surface area contributed by atoms with Gasteiger partial charge in [-0.25, -0.2) is 0 Å². The van der Waals surface area contributed by atoms with Crippen molar-refractivity contribution in [2.24, 2.45) is 4.99 Å². The van der Waals surface area contributed by atoms with Gasteiger partial charge in [0.15, 0.2) is 6.23 Å². The van der Waals surface area contributed by atoms with E-state index >= 15 is 0 Å². The third kappa shape index (κ3) is 8.00. The normalized spacial score (nSPS) is 18.3. The summed E-state index contributed by atoms with van der Waals surface area (Å²) in [4.78, 5) is 4.26. The molecule has 0 radical (unpaired) electrons. The van der Waals surface area contributed by atoms with Crippen LogP contribution in [0.2, 0.25) is 0 Å². The Hall–Kier alpha value is -0.790. The van der Waals surface area contributed by atoms with Gasteiger partial charge in [0.1, 0.15) is 0 Å². The van der Waals surface area contributed by atoms with Gasteiger partial charge in [-0.15, -0.1) is 0 Å². The lowest BCUT2D eigenvalue weighted by Gasteiger charge is -2.13. The molecule has 0 aromatic carbocycles. The van der Waals surface area contributed by atoms with E-state index in [0.29, 0.717) is 0 Å². The maximum atomic E-state index is 5.37. The van der Waals surface area contributed by atoms with Crippen molar-refractivity contribution in [2.45, 2.75) is 77.4 Å². The second-order valence-electron chi connectivity index (χ2n) is 4.83. The van der Waals surface area contributed by atoms with Gasteiger partial charge in [-0.2, -0.15) is 0 Å². The number of nitrogens with zero attached hydrogens (tertiary/aromatic N) is 1. The summed E-state index contributed by atoms with van der Waals surface area (Å²) in [5.74, 6) is 0. The Bertz CT molecular complexity index is 223. The standard InChI is InChI=1S/C15H27NO/c1-2-3-4-5-6-7-8-9-10-12-15-16-13-11-14-17-15/h11,13-15H,2-10,12H2,1H3. The van der Waals surface area contributed by atoms with Crippen molar-refractivity contribution in [3.05, 3.63) is 12.3 Å². The molecule has 0 saturated carbocycles. The lowest BCUT2D eigenvalue weighted by atomic mass is 10.1. The highest BCUT2D eigenvalue weighted by Gasteiger charge is 2.05. The number of aliphatic imine (C=N–C) groups is 1. The van der Waals surface area contributed by atoms with Crippen LogP contribution in [0.4, 0.5) is 0 Å². The van der Waals surface area contributed by atoms with Crippen molar-refractivity contribution in [1.82, 2.24) is 0 Å². The van der Waals surface area contributed by atoms with Gasteiger partial charge in [-0.3, -0.25) is 4.99 Å². The maximum Gasteiger partial charge on any atom is 0.188 e. The molecule has 2 heteroatoms. The van der Waals surface area contributed by atoms with Gasteiger partial charge in [0, 0.05) is 12.6 Å². The molecule has 2 nitrogen and oxygen atoms in total. The molecule has 1 atom stereocenters. The molecule has 0 N–H and O–H groups in total. The zero-order valence-electron chi connectivity index (χ0n) is 11.2. The predicted octanol–water partition coefficient (Wildman–Crippen LogP) is 4.85. The number of hydrogen-bond acceptors (Lipinski definition) is 2.